The van der Waals surface area contributed by atoms with E-state index < -0.39 is 0 Å². The van der Waals surface area contributed by atoms with E-state index in [1.165, 1.54) is 0 Å². The summed E-state index contributed by atoms with van der Waals surface area (Å²) in [5.41, 5.74) is 2.92. The third-order valence-electron chi connectivity index (χ3n) is 3.82. The summed E-state index contributed by atoms with van der Waals surface area (Å²) in [5, 5.41) is 2.88. The van der Waals surface area contributed by atoms with E-state index in [4.69, 9.17) is 9.47 Å². The van der Waals surface area contributed by atoms with Gasteiger partial charge in [0, 0.05) is 11.8 Å². The minimum Gasteiger partial charge on any atom is -0.484 e. The second-order valence-corrected chi connectivity index (χ2v) is 6.05. The Hall–Kier alpha value is -3.27. The molecular weight excluding hydrogens is 326 g/mol. The fourth-order valence-corrected chi connectivity index (χ4v) is 2.46. The Morgan fingerprint density at radius 1 is 0.846 bits per heavy atom. The third kappa shape index (κ3) is 4.86. The highest BCUT2D eigenvalue weighted by Gasteiger charge is 2.07. The van der Waals surface area contributed by atoms with Crippen molar-refractivity contribution in [2.24, 2.45) is 0 Å². The van der Waals surface area contributed by atoms with Gasteiger partial charge in [-0.25, -0.2) is 0 Å². The minimum absolute atomic E-state index is 0.0673. The molecule has 0 aromatic heterocycles. The van der Waals surface area contributed by atoms with Gasteiger partial charge in [-0.1, -0.05) is 36.4 Å². The van der Waals surface area contributed by atoms with Crippen LogP contribution >= 0.6 is 0 Å². The normalized spacial score (nSPS) is 10.2. The summed E-state index contributed by atoms with van der Waals surface area (Å²) in [6, 6.07) is 22.7. The van der Waals surface area contributed by atoms with Crippen LogP contribution in [0.5, 0.6) is 17.2 Å². The number of hydrogen-bond donors (Lipinski definition) is 1. The first-order valence-corrected chi connectivity index (χ1v) is 8.43. The lowest BCUT2D eigenvalue weighted by atomic mass is 10.1. The predicted molar refractivity (Wildman–Crippen MR) is 103 cm³/mol. The molecule has 132 valence electrons. The number of hydrogen-bond acceptors (Lipinski definition) is 3. The van der Waals surface area contributed by atoms with Crippen molar-refractivity contribution in [2.45, 2.75) is 13.8 Å². The number of anilines is 1. The highest BCUT2D eigenvalue weighted by molar-refractivity contribution is 5.92. The van der Waals surface area contributed by atoms with Crippen molar-refractivity contribution in [1.82, 2.24) is 0 Å². The molecule has 0 unspecified atom stereocenters. The number of benzene rings is 3. The van der Waals surface area contributed by atoms with E-state index in [2.05, 4.69) is 5.32 Å². The second kappa shape index (κ2) is 8.21. The molecular formula is C22H21NO3. The molecule has 0 atom stereocenters. The Morgan fingerprint density at radius 2 is 1.58 bits per heavy atom. The monoisotopic (exact) mass is 347 g/mol. The van der Waals surface area contributed by atoms with Crippen molar-refractivity contribution in [2.75, 3.05) is 11.9 Å². The Balaban J connectivity index is 1.58. The molecule has 0 aliphatic rings. The summed E-state index contributed by atoms with van der Waals surface area (Å²) in [5.74, 6) is 1.78. The summed E-state index contributed by atoms with van der Waals surface area (Å²) < 4.78 is 11.4. The van der Waals surface area contributed by atoms with Crippen molar-refractivity contribution in [3.8, 4) is 17.2 Å². The molecule has 3 rings (SSSR count). The van der Waals surface area contributed by atoms with E-state index in [0.29, 0.717) is 11.5 Å². The first kappa shape index (κ1) is 17.5. The van der Waals surface area contributed by atoms with E-state index in [1.807, 2.05) is 74.5 Å². The molecule has 0 fully saturated rings. The van der Waals surface area contributed by atoms with Gasteiger partial charge in [-0.05, 0) is 55.3 Å². The van der Waals surface area contributed by atoms with E-state index in [9.17, 15) is 4.79 Å². The van der Waals surface area contributed by atoms with Gasteiger partial charge in [0.2, 0.25) is 0 Å². The molecule has 26 heavy (non-hydrogen) atoms. The molecule has 0 saturated heterocycles. The molecule has 3 aromatic rings. The van der Waals surface area contributed by atoms with Crippen LogP contribution in [0.25, 0.3) is 0 Å². The molecule has 0 radical (unpaired) electrons. The van der Waals surface area contributed by atoms with Crippen LogP contribution in [0.1, 0.15) is 11.1 Å². The Labute approximate surface area is 153 Å². The van der Waals surface area contributed by atoms with Gasteiger partial charge in [0.25, 0.3) is 5.91 Å². The average Bonchev–Trinajstić information content (AvgIpc) is 2.64. The van der Waals surface area contributed by atoms with Gasteiger partial charge in [-0.15, -0.1) is 0 Å². The van der Waals surface area contributed by atoms with Gasteiger partial charge in [0.05, 0.1) is 0 Å². The van der Waals surface area contributed by atoms with Gasteiger partial charge in [-0.3, -0.25) is 4.79 Å². The lowest BCUT2D eigenvalue weighted by Gasteiger charge is -2.11. The first-order chi connectivity index (χ1) is 12.6. The SMILES string of the molecule is Cc1ccc(C)c(NC(=O)COc2cccc(Oc3ccccc3)c2)c1. The molecule has 3 aromatic carbocycles. The van der Waals surface area contributed by atoms with E-state index >= 15 is 0 Å². The van der Waals surface area contributed by atoms with Crippen LogP contribution < -0.4 is 14.8 Å². The standard InChI is InChI=1S/C22H21NO3/c1-16-11-12-17(2)21(13-16)23-22(24)15-25-19-9-6-10-20(14-19)26-18-7-4-3-5-8-18/h3-14H,15H2,1-2H3,(H,23,24). The second-order valence-electron chi connectivity index (χ2n) is 6.05. The van der Waals surface area contributed by atoms with Crippen LogP contribution in [0.2, 0.25) is 0 Å². The molecule has 1 N–H and O–H groups in total. The van der Waals surface area contributed by atoms with Crippen molar-refractivity contribution >= 4 is 11.6 Å². The number of carbonyl (C=O) groups is 1. The molecule has 0 aliphatic heterocycles. The predicted octanol–water partition coefficient (Wildman–Crippen LogP) is 5.11. The van der Waals surface area contributed by atoms with Gasteiger partial charge in [0.15, 0.2) is 6.61 Å². The number of carbonyl (C=O) groups excluding carboxylic acids is 1. The number of amides is 1. The summed E-state index contributed by atoms with van der Waals surface area (Å²) >= 11 is 0. The van der Waals surface area contributed by atoms with Crippen LogP contribution in [0.4, 0.5) is 5.69 Å². The first-order valence-electron chi connectivity index (χ1n) is 8.43. The van der Waals surface area contributed by atoms with Crippen molar-refractivity contribution in [3.05, 3.63) is 83.9 Å². The van der Waals surface area contributed by atoms with Gasteiger partial charge >= 0.3 is 0 Å². The van der Waals surface area contributed by atoms with Crippen LogP contribution in [0.15, 0.2) is 72.8 Å². The van der Waals surface area contributed by atoms with E-state index in [0.717, 1.165) is 22.6 Å². The van der Waals surface area contributed by atoms with Gasteiger partial charge in [-0.2, -0.15) is 0 Å². The largest absolute Gasteiger partial charge is 0.484 e. The third-order valence-corrected chi connectivity index (χ3v) is 3.82. The molecule has 1 amide bonds. The number of ether oxygens (including phenoxy) is 2. The molecule has 4 nitrogen and oxygen atoms in total. The fraction of sp³-hybridized carbons (Fsp3) is 0.136. The summed E-state index contributed by atoms with van der Waals surface area (Å²) in [6.07, 6.45) is 0. The zero-order chi connectivity index (χ0) is 18.4. The zero-order valence-corrected chi connectivity index (χ0v) is 14.9. The average molecular weight is 347 g/mol. The Bertz CT molecular complexity index is 891. The van der Waals surface area contributed by atoms with Gasteiger partial charge in [0.1, 0.15) is 17.2 Å². The van der Waals surface area contributed by atoms with Crippen molar-refractivity contribution in [3.63, 3.8) is 0 Å². The molecule has 4 heteroatoms. The number of para-hydroxylation sites is 1. The van der Waals surface area contributed by atoms with Crippen LogP contribution in [0.3, 0.4) is 0 Å². The van der Waals surface area contributed by atoms with E-state index in [1.54, 1.807) is 12.1 Å². The molecule has 0 heterocycles. The lowest BCUT2D eigenvalue weighted by Crippen LogP contribution is -2.20. The topological polar surface area (TPSA) is 47.6 Å². The maximum atomic E-state index is 12.2. The molecule has 0 aliphatic carbocycles. The van der Waals surface area contributed by atoms with Crippen LogP contribution in [0, 0.1) is 13.8 Å². The van der Waals surface area contributed by atoms with Crippen LogP contribution in [-0.4, -0.2) is 12.5 Å². The number of aryl methyl sites for hydroxylation is 2. The quantitative estimate of drug-likeness (QED) is 0.674. The summed E-state index contributed by atoms with van der Waals surface area (Å²) in [4.78, 5) is 12.2. The molecule has 0 saturated carbocycles. The maximum Gasteiger partial charge on any atom is 0.262 e. The number of rotatable bonds is 6. The zero-order valence-electron chi connectivity index (χ0n) is 14.9. The van der Waals surface area contributed by atoms with Crippen molar-refractivity contribution in [1.29, 1.82) is 0 Å². The minimum atomic E-state index is -0.201. The van der Waals surface area contributed by atoms with E-state index in [-0.39, 0.29) is 12.5 Å². The summed E-state index contributed by atoms with van der Waals surface area (Å²) in [7, 11) is 0. The molecule has 0 spiro atoms. The fourth-order valence-electron chi connectivity index (χ4n) is 2.46. The van der Waals surface area contributed by atoms with Crippen LogP contribution in [-0.2, 0) is 4.79 Å². The maximum absolute atomic E-state index is 12.2. The highest BCUT2D eigenvalue weighted by Crippen LogP contribution is 2.25. The smallest absolute Gasteiger partial charge is 0.262 e. The highest BCUT2D eigenvalue weighted by atomic mass is 16.5. The Morgan fingerprint density at radius 3 is 2.38 bits per heavy atom. The van der Waals surface area contributed by atoms with Crippen molar-refractivity contribution < 1.29 is 14.3 Å². The lowest BCUT2D eigenvalue weighted by molar-refractivity contribution is -0.118. The van der Waals surface area contributed by atoms with Gasteiger partial charge < -0.3 is 14.8 Å². The summed E-state index contributed by atoms with van der Waals surface area (Å²) in [6.45, 7) is 3.88. The molecule has 0 bridgehead atoms. The Kier molecular flexibility index (Phi) is 5.54. The number of nitrogens with one attached hydrogen (secondary N) is 1.